The van der Waals surface area contributed by atoms with E-state index in [1.54, 1.807) is 4.68 Å². The van der Waals surface area contributed by atoms with Crippen molar-refractivity contribution in [2.75, 3.05) is 5.32 Å². The molecule has 3 rings (SSSR count). The van der Waals surface area contributed by atoms with Crippen LogP contribution in [0.1, 0.15) is 31.7 Å². The van der Waals surface area contributed by atoms with Gasteiger partial charge in [0.05, 0.1) is 10.9 Å². The second-order valence-corrected chi connectivity index (χ2v) is 7.70. The molecular formula is C16H19N7OS2. The lowest BCUT2D eigenvalue weighted by molar-refractivity contribution is -0.115. The van der Waals surface area contributed by atoms with Gasteiger partial charge in [-0.05, 0) is 35.4 Å². The highest BCUT2D eigenvalue weighted by Crippen LogP contribution is 2.26. The number of para-hydroxylation sites is 1. The average molecular weight is 390 g/mol. The van der Waals surface area contributed by atoms with Crippen LogP contribution in [-0.2, 0) is 11.2 Å². The number of hydrogen-bond donors (Lipinski definition) is 1. The van der Waals surface area contributed by atoms with E-state index in [-0.39, 0.29) is 11.2 Å². The summed E-state index contributed by atoms with van der Waals surface area (Å²) in [7, 11) is 0. The number of anilines is 1. The van der Waals surface area contributed by atoms with E-state index in [1.165, 1.54) is 23.1 Å². The van der Waals surface area contributed by atoms with Gasteiger partial charge >= 0.3 is 0 Å². The van der Waals surface area contributed by atoms with E-state index in [9.17, 15) is 4.79 Å². The SMILES string of the molecule is CCCc1nnc(NC(=O)[C@H](CC)Sc2nnnn2-c2ccccc2)s1. The third kappa shape index (κ3) is 4.44. The molecule has 0 radical (unpaired) electrons. The van der Waals surface area contributed by atoms with Crippen LogP contribution in [0, 0.1) is 0 Å². The number of hydrogen-bond acceptors (Lipinski definition) is 8. The lowest BCUT2D eigenvalue weighted by Gasteiger charge is -2.12. The Hall–Kier alpha value is -2.33. The predicted molar refractivity (Wildman–Crippen MR) is 102 cm³/mol. The average Bonchev–Trinajstić information content (AvgIpc) is 3.30. The fraction of sp³-hybridized carbons (Fsp3) is 0.375. The number of rotatable bonds is 8. The second-order valence-electron chi connectivity index (χ2n) is 5.46. The Bertz CT molecular complexity index is 849. The van der Waals surface area contributed by atoms with Gasteiger partial charge in [-0.15, -0.1) is 15.3 Å². The molecule has 0 unspecified atom stereocenters. The maximum atomic E-state index is 12.6. The number of thioether (sulfide) groups is 1. The van der Waals surface area contributed by atoms with Crippen LogP contribution in [0.25, 0.3) is 5.69 Å². The summed E-state index contributed by atoms with van der Waals surface area (Å²) in [6.07, 6.45) is 2.50. The zero-order valence-corrected chi connectivity index (χ0v) is 16.1. The van der Waals surface area contributed by atoms with E-state index in [0.717, 1.165) is 23.5 Å². The fourth-order valence-electron chi connectivity index (χ4n) is 2.24. The summed E-state index contributed by atoms with van der Waals surface area (Å²) in [5.74, 6) is -0.126. The lowest BCUT2D eigenvalue weighted by Crippen LogP contribution is -2.25. The number of aromatic nitrogens is 6. The Morgan fingerprint density at radius 1 is 1.23 bits per heavy atom. The largest absolute Gasteiger partial charge is 0.300 e. The molecule has 1 atom stereocenters. The van der Waals surface area contributed by atoms with E-state index >= 15 is 0 Å². The molecule has 3 aromatic rings. The van der Waals surface area contributed by atoms with Gasteiger partial charge in [0.1, 0.15) is 5.01 Å². The van der Waals surface area contributed by atoms with Gasteiger partial charge in [0, 0.05) is 6.42 Å². The van der Waals surface area contributed by atoms with Crippen molar-refractivity contribution in [1.82, 2.24) is 30.4 Å². The van der Waals surface area contributed by atoms with E-state index < -0.39 is 0 Å². The van der Waals surface area contributed by atoms with Crippen molar-refractivity contribution in [3.63, 3.8) is 0 Å². The highest BCUT2D eigenvalue weighted by Gasteiger charge is 2.23. The second kappa shape index (κ2) is 8.86. The van der Waals surface area contributed by atoms with Crippen LogP contribution in [0.15, 0.2) is 35.5 Å². The van der Waals surface area contributed by atoms with Gasteiger partial charge in [0.25, 0.3) is 0 Å². The molecule has 0 aliphatic heterocycles. The molecule has 10 heteroatoms. The quantitative estimate of drug-likeness (QED) is 0.591. The molecule has 1 amide bonds. The maximum absolute atomic E-state index is 12.6. The first kappa shape index (κ1) is 18.5. The lowest BCUT2D eigenvalue weighted by atomic mass is 10.3. The molecule has 0 aliphatic carbocycles. The molecule has 2 aromatic heterocycles. The highest BCUT2D eigenvalue weighted by molar-refractivity contribution is 8.00. The van der Waals surface area contributed by atoms with Crippen LogP contribution in [-0.4, -0.2) is 41.6 Å². The first-order valence-corrected chi connectivity index (χ1v) is 10.0. The number of nitrogens with zero attached hydrogens (tertiary/aromatic N) is 6. The number of carbonyl (C=O) groups is 1. The van der Waals surface area contributed by atoms with E-state index in [4.69, 9.17) is 0 Å². The fourth-order valence-corrected chi connectivity index (χ4v) is 3.99. The zero-order valence-electron chi connectivity index (χ0n) is 14.5. The smallest absolute Gasteiger partial charge is 0.239 e. The third-order valence-corrected chi connectivity index (χ3v) is 5.71. The van der Waals surface area contributed by atoms with Crippen LogP contribution < -0.4 is 5.32 Å². The summed E-state index contributed by atoms with van der Waals surface area (Å²) in [5.41, 5.74) is 0.851. The van der Waals surface area contributed by atoms with Crippen LogP contribution in [0.3, 0.4) is 0 Å². The van der Waals surface area contributed by atoms with Gasteiger partial charge in [0.2, 0.25) is 16.2 Å². The first-order valence-electron chi connectivity index (χ1n) is 8.35. The van der Waals surface area contributed by atoms with Crippen molar-refractivity contribution in [3.8, 4) is 5.69 Å². The number of aryl methyl sites for hydroxylation is 1. The molecule has 0 aliphatic rings. The molecule has 0 bridgehead atoms. The van der Waals surface area contributed by atoms with Gasteiger partial charge in [-0.3, -0.25) is 10.1 Å². The molecule has 0 fully saturated rings. The summed E-state index contributed by atoms with van der Waals surface area (Å²) in [6, 6.07) is 9.59. The molecular weight excluding hydrogens is 370 g/mol. The Labute approximate surface area is 159 Å². The minimum absolute atomic E-state index is 0.126. The van der Waals surface area contributed by atoms with Crippen molar-refractivity contribution < 1.29 is 4.79 Å². The Morgan fingerprint density at radius 2 is 2.04 bits per heavy atom. The van der Waals surface area contributed by atoms with Gasteiger partial charge in [-0.1, -0.05) is 55.1 Å². The Balaban J connectivity index is 1.69. The standard InChI is InChI=1S/C16H19N7OS2/c1-3-8-13-18-19-15(26-13)17-14(24)12(4-2)25-16-20-21-22-23(16)11-9-6-5-7-10-11/h5-7,9-10,12H,3-4,8H2,1-2H3,(H,17,19,24)/t12-/m0/s1. The normalized spacial score (nSPS) is 12.1. The summed E-state index contributed by atoms with van der Waals surface area (Å²) in [4.78, 5) is 12.6. The van der Waals surface area contributed by atoms with Gasteiger partial charge in [0.15, 0.2) is 0 Å². The van der Waals surface area contributed by atoms with Gasteiger partial charge in [-0.25, -0.2) is 0 Å². The topological polar surface area (TPSA) is 98.5 Å². The van der Waals surface area contributed by atoms with Crippen LogP contribution in [0.2, 0.25) is 0 Å². The van der Waals surface area contributed by atoms with E-state index in [2.05, 4.69) is 38.0 Å². The Morgan fingerprint density at radius 3 is 2.77 bits per heavy atom. The van der Waals surface area contributed by atoms with Crippen molar-refractivity contribution in [3.05, 3.63) is 35.3 Å². The summed E-state index contributed by atoms with van der Waals surface area (Å²) < 4.78 is 1.63. The molecule has 8 nitrogen and oxygen atoms in total. The van der Waals surface area contributed by atoms with Crippen molar-refractivity contribution in [2.24, 2.45) is 0 Å². The van der Waals surface area contributed by atoms with Crippen LogP contribution in [0.4, 0.5) is 5.13 Å². The summed E-state index contributed by atoms with van der Waals surface area (Å²) in [5, 5.41) is 24.5. The molecule has 26 heavy (non-hydrogen) atoms. The summed E-state index contributed by atoms with van der Waals surface area (Å²) >= 11 is 2.75. The molecule has 1 N–H and O–H groups in total. The van der Waals surface area contributed by atoms with Gasteiger partial charge in [-0.2, -0.15) is 4.68 Å². The maximum Gasteiger partial charge on any atom is 0.239 e. The minimum Gasteiger partial charge on any atom is -0.300 e. The monoisotopic (exact) mass is 389 g/mol. The highest BCUT2D eigenvalue weighted by atomic mass is 32.2. The molecule has 0 spiro atoms. The van der Waals surface area contributed by atoms with Crippen molar-refractivity contribution >= 4 is 34.1 Å². The molecule has 1 aromatic carbocycles. The molecule has 2 heterocycles. The van der Waals surface area contributed by atoms with E-state index in [1.807, 2.05) is 37.3 Å². The molecule has 0 saturated heterocycles. The molecule has 0 saturated carbocycles. The number of tetrazole rings is 1. The number of nitrogens with one attached hydrogen (secondary N) is 1. The van der Waals surface area contributed by atoms with Crippen LogP contribution in [0.5, 0.6) is 0 Å². The number of benzene rings is 1. The molecule has 136 valence electrons. The number of carbonyl (C=O) groups excluding carboxylic acids is 1. The van der Waals surface area contributed by atoms with Crippen LogP contribution >= 0.6 is 23.1 Å². The summed E-state index contributed by atoms with van der Waals surface area (Å²) in [6.45, 7) is 4.04. The number of amides is 1. The van der Waals surface area contributed by atoms with Gasteiger partial charge < -0.3 is 0 Å². The van der Waals surface area contributed by atoms with Crippen molar-refractivity contribution in [2.45, 2.75) is 43.5 Å². The van der Waals surface area contributed by atoms with E-state index in [0.29, 0.717) is 16.7 Å². The minimum atomic E-state index is -0.331. The third-order valence-electron chi connectivity index (χ3n) is 3.51. The zero-order chi connectivity index (χ0) is 18.4. The Kier molecular flexibility index (Phi) is 6.29. The van der Waals surface area contributed by atoms with Crippen molar-refractivity contribution in [1.29, 1.82) is 0 Å². The predicted octanol–water partition coefficient (Wildman–Crippen LogP) is 2.98. The first-order chi connectivity index (χ1) is 12.7.